The molecule has 0 saturated carbocycles. The first kappa shape index (κ1) is 12.3. The molecule has 0 saturated heterocycles. The third-order valence-electron chi connectivity index (χ3n) is 2.43. The molecule has 0 aliphatic heterocycles. The summed E-state index contributed by atoms with van der Waals surface area (Å²) in [4.78, 5) is 3.89. The van der Waals surface area contributed by atoms with Gasteiger partial charge >= 0.3 is 0 Å². The van der Waals surface area contributed by atoms with Gasteiger partial charge in [-0.05, 0) is 29.8 Å². The van der Waals surface area contributed by atoms with E-state index in [9.17, 15) is 4.39 Å². The van der Waals surface area contributed by atoms with Crippen molar-refractivity contribution in [2.45, 2.75) is 6.54 Å². The summed E-state index contributed by atoms with van der Waals surface area (Å²) >= 11 is 5.96. The molecule has 1 aromatic heterocycles. The van der Waals surface area contributed by atoms with Crippen molar-refractivity contribution < 1.29 is 4.39 Å². The molecule has 0 atom stereocenters. The second kappa shape index (κ2) is 5.48. The van der Waals surface area contributed by atoms with Crippen molar-refractivity contribution in [3.05, 3.63) is 58.6 Å². The van der Waals surface area contributed by atoms with Gasteiger partial charge in [-0.25, -0.2) is 4.39 Å². The minimum absolute atomic E-state index is 0.0147. The van der Waals surface area contributed by atoms with Gasteiger partial charge in [0.2, 0.25) is 0 Å². The molecule has 1 heterocycles. The summed E-state index contributed by atoms with van der Waals surface area (Å²) in [6, 6.07) is 7.89. The topological polar surface area (TPSA) is 48.7 Å². The van der Waals surface area contributed by atoms with Crippen LogP contribution in [0.5, 0.6) is 0 Å². The maximum absolute atomic E-state index is 13.1. The Morgan fingerprint density at radius 2 is 2.22 bits per heavy atom. The van der Waals surface area contributed by atoms with E-state index in [0.717, 1.165) is 5.56 Å². The van der Waals surface area contributed by atoms with Crippen LogP contribution in [0.1, 0.15) is 11.1 Å². The molecule has 5 heteroatoms. The fraction of sp³-hybridized carbons (Fsp3) is 0.0769. The Morgan fingerprint density at radius 1 is 1.39 bits per heavy atom. The van der Waals surface area contributed by atoms with Crippen LogP contribution in [0.2, 0.25) is 5.02 Å². The number of hydrogen-bond acceptors (Lipinski definition) is 3. The number of aromatic nitrogens is 1. The Balaban J connectivity index is 2.12. The molecule has 1 N–H and O–H groups in total. The van der Waals surface area contributed by atoms with E-state index in [0.29, 0.717) is 17.3 Å². The Kier molecular flexibility index (Phi) is 3.75. The third kappa shape index (κ3) is 2.76. The lowest BCUT2D eigenvalue weighted by Crippen LogP contribution is -2.01. The first-order valence-corrected chi connectivity index (χ1v) is 5.60. The van der Waals surface area contributed by atoms with E-state index in [4.69, 9.17) is 16.9 Å². The molecule has 1 aromatic carbocycles. The van der Waals surface area contributed by atoms with Crippen molar-refractivity contribution in [3.63, 3.8) is 0 Å². The first-order chi connectivity index (χ1) is 8.70. The Bertz CT molecular complexity index is 607. The molecular weight excluding hydrogens is 253 g/mol. The van der Waals surface area contributed by atoms with Crippen molar-refractivity contribution in [2.24, 2.45) is 0 Å². The van der Waals surface area contributed by atoms with Crippen LogP contribution in [0.15, 0.2) is 36.7 Å². The molecule has 18 heavy (non-hydrogen) atoms. The van der Waals surface area contributed by atoms with Gasteiger partial charge in [0.15, 0.2) is 0 Å². The summed E-state index contributed by atoms with van der Waals surface area (Å²) < 4.78 is 13.1. The predicted octanol–water partition coefficient (Wildman–Crippen LogP) is 3.36. The number of pyridine rings is 1. The maximum atomic E-state index is 13.1. The van der Waals surface area contributed by atoms with Crippen LogP contribution >= 0.6 is 11.6 Å². The summed E-state index contributed by atoms with van der Waals surface area (Å²) in [6.45, 7) is 0.484. The smallest absolute Gasteiger partial charge is 0.141 e. The lowest BCUT2D eigenvalue weighted by Gasteiger charge is -2.08. The number of anilines is 1. The third-order valence-corrected chi connectivity index (χ3v) is 2.77. The molecule has 0 spiro atoms. The van der Waals surface area contributed by atoms with Gasteiger partial charge in [-0.1, -0.05) is 11.6 Å². The summed E-state index contributed by atoms with van der Waals surface area (Å²) in [5, 5.41) is 12.4. The average Bonchev–Trinajstić information content (AvgIpc) is 2.39. The molecule has 0 radical (unpaired) electrons. The lowest BCUT2D eigenvalue weighted by molar-refractivity contribution is 0.624. The highest BCUT2D eigenvalue weighted by Crippen LogP contribution is 2.17. The number of nitrogens with one attached hydrogen (secondary N) is 1. The van der Waals surface area contributed by atoms with Crippen LogP contribution < -0.4 is 5.32 Å². The van der Waals surface area contributed by atoms with E-state index < -0.39 is 5.82 Å². The highest BCUT2D eigenvalue weighted by atomic mass is 35.5. The van der Waals surface area contributed by atoms with Crippen LogP contribution in [0.3, 0.4) is 0 Å². The molecule has 2 aromatic rings. The van der Waals surface area contributed by atoms with Crippen molar-refractivity contribution in [3.8, 4) is 6.07 Å². The standard InChI is InChI=1S/C13H9ClFN3/c14-12-8-17-4-3-9(12)7-18-11-1-2-13(15)10(5-11)6-16/h1-5,8,18H,7H2. The van der Waals surface area contributed by atoms with E-state index in [1.165, 1.54) is 12.1 Å². The lowest BCUT2D eigenvalue weighted by atomic mass is 10.2. The second-order valence-electron chi connectivity index (χ2n) is 3.63. The quantitative estimate of drug-likeness (QED) is 0.922. The zero-order valence-corrected chi connectivity index (χ0v) is 10.1. The number of nitriles is 1. The summed E-state index contributed by atoms with van der Waals surface area (Å²) in [7, 11) is 0. The van der Waals surface area contributed by atoms with Crippen LogP contribution in [0, 0.1) is 17.1 Å². The van der Waals surface area contributed by atoms with E-state index in [1.54, 1.807) is 30.6 Å². The van der Waals surface area contributed by atoms with Crippen molar-refractivity contribution in [2.75, 3.05) is 5.32 Å². The number of benzene rings is 1. The van der Waals surface area contributed by atoms with Gasteiger partial charge in [-0.15, -0.1) is 0 Å². The van der Waals surface area contributed by atoms with Gasteiger partial charge in [-0.3, -0.25) is 4.98 Å². The van der Waals surface area contributed by atoms with Crippen LogP contribution in [-0.4, -0.2) is 4.98 Å². The molecule has 2 rings (SSSR count). The highest BCUT2D eigenvalue weighted by molar-refractivity contribution is 6.31. The van der Waals surface area contributed by atoms with Gasteiger partial charge in [-0.2, -0.15) is 5.26 Å². The minimum Gasteiger partial charge on any atom is -0.381 e. The molecule has 90 valence electrons. The molecular formula is C13H9ClFN3. The highest BCUT2D eigenvalue weighted by Gasteiger charge is 2.03. The monoisotopic (exact) mass is 261 g/mol. The van der Waals surface area contributed by atoms with Gasteiger partial charge in [0, 0.05) is 24.6 Å². The zero-order chi connectivity index (χ0) is 13.0. The molecule has 0 aliphatic carbocycles. The molecule has 0 bridgehead atoms. The van der Waals surface area contributed by atoms with E-state index >= 15 is 0 Å². The fourth-order valence-electron chi connectivity index (χ4n) is 1.47. The van der Waals surface area contributed by atoms with E-state index in [2.05, 4.69) is 10.3 Å². The average molecular weight is 262 g/mol. The van der Waals surface area contributed by atoms with Gasteiger partial charge in [0.05, 0.1) is 10.6 Å². The summed E-state index contributed by atoms with van der Waals surface area (Å²) in [5.74, 6) is -0.523. The first-order valence-electron chi connectivity index (χ1n) is 5.22. The Morgan fingerprint density at radius 3 is 2.94 bits per heavy atom. The Labute approximate surface area is 109 Å². The second-order valence-corrected chi connectivity index (χ2v) is 4.03. The van der Waals surface area contributed by atoms with Crippen molar-refractivity contribution >= 4 is 17.3 Å². The number of hydrogen-bond donors (Lipinski definition) is 1. The normalized spacial score (nSPS) is 9.83. The van der Waals surface area contributed by atoms with E-state index in [-0.39, 0.29) is 5.56 Å². The molecule has 3 nitrogen and oxygen atoms in total. The van der Waals surface area contributed by atoms with Gasteiger partial charge < -0.3 is 5.32 Å². The van der Waals surface area contributed by atoms with Crippen LogP contribution in [0.25, 0.3) is 0 Å². The van der Waals surface area contributed by atoms with Crippen LogP contribution in [0.4, 0.5) is 10.1 Å². The van der Waals surface area contributed by atoms with Gasteiger partial charge in [0.1, 0.15) is 11.9 Å². The van der Waals surface area contributed by atoms with Crippen molar-refractivity contribution in [1.29, 1.82) is 5.26 Å². The Hall–Kier alpha value is -2.12. The summed E-state index contributed by atoms with van der Waals surface area (Å²) in [6.07, 6.45) is 3.21. The van der Waals surface area contributed by atoms with Gasteiger partial charge in [0.25, 0.3) is 0 Å². The molecule has 0 fully saturated rings. The molecule has 0 amide bonds. The minimum atomic E-state index is -0.523. The maximum Gasteiger partial charge on any atom is 0.141 e. The van der Waals surface area contributed by atoms with Crippen molar-refractivity contribution in [1.82, 2.24) is 4.98 Å². The summed E-state index contributed by atoms with van der Waals surface area (Å²) in [5.41, 5.74) is 1.57. The SMILES string of the molecule is N#Cc1cc(NCc2ccncc2Cl)ccc1F. The van der Waals surface area contributed by atoms with Crippen LogP contribution in [-0.2, 0) is 6.54 Å². The molecule has 0 unspecified atom stereocenters. The number of rotatable bonds is 3. The number of nitrogens with zero attached hydrogens (tertiary/aromatic N) is 2. The molecule has 0 aliphatic rings. The fourth-order valence-corrected chi connectivity index (χ4v) is 1.65. The number of halogens is 2. The predicted molar refractivity (Wildman–Crippen MR) is 67.7 cm³/mol. The zero-order valence-electron chi connectivity index (χ0n) is 9.32. The largest absolute Gasteiger partial charge is 0.381 e. The van der Waals surface area contributed by atoms with E-state index in [1.807, 2.05) is 0 Å².